The predicted octanol–water partition coefficient (Wildman–Crippen LogP) is 6.84. The Kier molecular flexibility index (Phi) is 10.5. The van der Waals surface area contributed by atoms with Crippen molar-refractivity contribution in [1.29, 1.82) is 0 Å². The quantitative estimate of drug-likeness (QED) is 0.183. The average Bonchev–Trinajstić information content (AvgIpc) is 3.78. The summed E-state index contributed by atoms with van der Waals surface area (Å²) >= 11 is 0. The van der Waals surface area contributed by atoms with Crippen LogP contribution in [0.15, 0.2) is 91.1 Å². The van der Waals surface area contributed by atoms with Crippen LogP contribution in [0.25, 0.3) is 0 Å². The molecule has 48 heavy (non-hydrogen) atoms. The van der Waals surface area contributed by atoms with Gasteiger partial charge in [0.15, 0.2) is 0 Å². The number of halogens is 3. The molecule has 8 nitrogen and oxygen atoms in total. The van der Waals surface area contributed by atoms with E-state index in [1.807, 2.05) is 59.4 Å². The summed E-state index contributed by atoms with van der Waals surface area (Å²) < 4.78 is 47.6. The van der Waals surface area contributed by atoms with Gasteiger partial charge in [-0.1, -0.05) is 78.0 Å². The lowest BCUT2D eigenvalue weighted by Gasteiger charge is -2.38. The topological polar surface area (TPSA) is 92.5 Å². The molecule has 0 unspecified atom stereocenters. The fraction of sp³-hybridized carbons (Fsp3) is 0.432. The van der Waals surface area contributed by atoms with E-state index in [2.05, 4.69) is 32.7 Å². The lowest BCUT2D eigenvalue weighted by Crippen LogP contribution is -2.45. The summed E-state index contributed by atoms with van der Waals surface area (Å²) in [6, 6.07) is 24.4. The maximum Gasteiger partial charge on any atom is 0.416 e. The maximum absolute atomic E-state index is 13.3. The van der Waals surface area contributed by atoms with E-state index >= 15 is 0 Å². The molecule has 11 heteroatoms. The molecule has 2 atom stereocenters. The number of ether oxygens (including phenoxy) is 1. The van der Waals surface area contributed by atoms with E-state index < -0.39 is 23.4 Å². The summed E-state index contributed by atoms with van der Waals surface area (Å²) in [4.78, 5) is 15.3. The molecule has 2 fully saturated rings. The predicted molar refractivity (Wildman–Crippen MR) is 175 cm³/mol. The smallest absolute Gasteiger partial charge is 0.416 e. The normalized spacial score (nSPS) is 18.3. The van der Waals surface area contributed by atoms with Crippen molar-refractivity contribution in [2.45, 2.75) is 87.9 Å². The molecule has 3 aromatic carbocycles. The molecule has 1 aromatic heterocycles. The van der Waals surface area contributed by atoms with Crippen LogP contribution < -0.4 is 5.32 Å². The Hall–Kier alpha value is -4.22. The molecule has 2 N–H and O–H groups in total. The molecule has 1 amide bonds. The third-order valence-electron chi connectivity index (χ3n) is 9.62. The number of benzene rings is 3. The number of hydrogen-bond donors (Lipinski definition) is 2. The van der Waals surface area contributed by atoms with Gasteiger partial charge in [0.05, 0.1) is 35.1 Å². The van der Waals surface area contributed by atoms with E-state index in [1.54, 1.807) is 6.07 Å². The van der Waals surface area contributed by atoms with Crippen molar-refractivity contribution < 1.29 is 27.8 Å². The number of carbonyl (C=O) groups excluding carboxylic acids is 1. The number of alkyl carbamates (subject to hydrolysis) is 1. The molecule has 1 saturated heterocycles. The van der Waals surface area contributed by atoms with Gasteiger partial charge in [0, 0.05) is 19.6 Å². The van der Waals surface area contributed by atoms with Crippen LogP contribution in [-0.2, 0) is 35.9 Å². The number of nitrogens with one attached hydrogen (secondary N) is 1. The largest absolute Gasteiger partial charge is 0.446 e. The Morgan fingerprint density at radius 1 is 0.938 bits per heavy atom. The average molecular weight is 662 g/mol. The zero-order valence-corrected chi connectivity index (χ0v) is 26.9. The van der Waals surface area contributed by atoms with E-state index in [9.17, 15) is 23.1 Å². The van der Waals surface area contributed by atoms with Gasteiger partial charge in [0.1, 0.15) is 6.10 Å². The van der Waals surface area contributed by atoms with E-state index in [1.165, 1.54) is 6.07 Å². The summed E-state index contributed by atoms with van der Waals surface area (Å²) in [6.07, 6.45) is 2.58. The third-order valence-corrected chi connectivity index (χ3v) is 9.62. The highest BCUT2D eigenvalue weighted by molar-refractivity contribution is 5.68. The van der Waals surface area contributed by atoms with Gasteiger partial charge >= 0.3 is 12.3 Å². The molecule has 1 aliphatic heterocycles. The van der Waals surface area contributed by atoms with Gasteiger partial charge in [-0.05, 0) is 80.2 Å². The van der Waals surface area contributed by atoms with Crippen molar-refractivity contribution >= 4 is 6.09 Å². The fourth-order valence-electron chi connectivity index (χ4n) is 6.90. The standard InChI is InChI=1S/C37H42F3N5O3/c38-37(39,40)30-15-9-14-29(24-30)36(47)18-20-44(21-19-36)25-31-26-45(43-42-31)34(23-28-12-5-2-6-13-28)33(22-27-10-3-1-4-11-27)41-35(46)48-32-16-7-8-17-32/h1-6,9-15,24,26,32-34,47H,7-8,16-23,25H2,(H,41,46)/t33-,34-/m0/s1. The first-order valence-corrected chi connectivity index (χ1v) is 16.7. The Bertz CT molecular complexity index is 1620. The first kappa shape index (κ1) is 33.7. The van der Waals surface area contributed by atoms with Gasteiger partial charge in [-0.25, -0.2) is 9.48 Å². The highest BCUT2D eigenvalue weighted by Gasteiger charge is 2.37. The molecule has 4 aromatic rings. The highest BCUT2D eigenvalue weighted by atomic mass is 19.4. The molecular formula is C37H42F3N5O3. The van der Waals surface area contributed by atoms with Crippen molar-refractivity contribution in [3.8, 4) is 0 Å². The lowest BCUT2D eigenvalue weighted by atomic mass is 9.83. The number of rotatable bonds is 11. The lowest BCUT2D eigenvalue weighted by molar-refractivity contribution is -0.137. The molecule has 0 spiro atoms. The number of aliphatic hydroxyl groups is 1. The number of piperidine rings is 1. The van der Waals surface area contributed by atoms with E-state index in [0.717, 1.165) is 54.6 Å². The van der Waals surface area contributed by atoms with Crippen molar-refractivity contribution in [2.75, 3.05) is 13.1 Å². The molecule has 254 valence electrons. The minimum absolute atomic E-state index is 0.0660. The van der Waals surface area contributed by atoms with Gasteiger partial charge in [-0.15, -0.1) is 5.10 Å². The SMILES string of the molecule is O=C(N[C@@H](Cc1ccccc1)[C@H](Cc1ccccc1)n1cc(CN2CCC(O)(c3cccc(C(F)(F)F)c3)CC2)nn1)OC1CCCC1. The molecule has 6 rings (SSSR count). The number of carbonyl (C=O) groups is 1. The minimum Gasteiger partial charge on any atom is -0.446 e. The number of nitrogens with zero attached hydrogens (tertiary/aromatic N) is 4. The summed E-state index contributed by atoms with van der Waals surface area (Å²) in [5.74, 6) is 0. The van der Waals surface area contributed by atoms with Gasteiger partial charge in [0.25, 0.3) is 0 Å². The number of likely N-dealkylation sites (tertiary alicyclic amines) is 1. The van der Waals surface area contributed by atoms with E-state index in [4.69, 9.17) is 4.74 Å². The van der Waals surface area contributed by atoms with E-state index in [-0.39, 0.29) is 23.8 Å². The van der Waals surface area contributed by atoms with Crippen molar-refractivity contribution in [3.63, 3.8) is 0 Å². The van der Waals surface area contributed by atoms with Crippen LogP contribution in [0, 0.1) is 0 Å². The van der Waals surface area contributed by atoms with Crippen LogP contribution in [0.3, 0.4) is 0 Å². The minimum atomic E-state index is -4.47. The van der Waals surface area contributed by atoms with Crippen LogP contribution in [0.5, 0.6) is 0 Å². The highest BCUT2D eigenvalue weighted by Crippen LogP contribution is 2.37. The van der Waals surface area contributed by atoms with Gasteiger partial charge in [-0.2, -0.15) is 13.2 Å². The van der Waals surface area contributed by atoms with Crippen LogP contribution in [0.1, 0.15) is 72.5 Å². The van der Waals surface area contributed by atoms with Crippen molar-refractivity contribution in [1.82, 2.24) is 25.2 Å². The fourth-order valence-corrected chi connectivity index (χ4v) is 6.90. The Labute approximate surface area is 278 Å². The molecule has 0 bridgehead atoms. The van der Waals surface area contributed by atoms with E-state index in [0.29, 0.717) is 45.3 Å². The number of aromatic nitrogens is 3. The summed E-state index contributed by atoms with van der Waals surface area (Å²) in [6.45, 7) is 1.44. The zero-order valence-electron chi connectivity index (χ0n) is 26.9. The van der Waals surface area contributed by atoms with Gasteiger partial charge in [0.2, 0.25) is 0 Å². The second-order valence-electron chi connectivity index (χ2n) is 13.1. The summed E-state index contributed by atoms with van der Waals surface area (Å²) in [5.41, 5.74) is 1.08. The number of amides is 1. The molecular weight excluding hydrogens is 619 g/mol. The first-order chi connectivity index (χ1) is 23.1. The van der Waals surface area contributed by atoms with Crippen molar-refractivity contribution in [2.24, 2.45) is 0 Å². The zero-order chi connectivity index (χ0) is 33.6. The summed E-state index contributed by atoms with van der Waals surface area (Å²) in [5, 5.41) is 23.5. The first-order valence-electron chi connectivity index (χ1n) is 16.7. The maximum atomic E-state index is 13.3. The summed E-state index contributed by atoms with van der Waals surface area (Å²) in [7, 11) is 0. The number of alkyl halides is 3. The Morgan fingerprint density at radius 3 is 2.23 bits per heavy atom. The third kappa shape index (κ3) is 8.62. The van der Waals surface area contributed by atoms with Gasteiger partial charge < -0.3 is 15.2 Å². The molecule has 1 aliphatic carbocycles. The molecule has 0 radical (unpaired) electrons. The molecule has 1 saturated carbocycles. The van der Waals surface area contributed by atoms with Crippen LogP contribution in [0.2, 0.25) is 0 Å². The monoisotopic (exact) mass is 661 g/mol. The van der Waals surface area contributed by atoms with Crippen LogP contribution in [0.4, 0.5) is 18.0 Å². The van der Waals surface area contributed by atoms with Crippen LogP contribution in [-0.4, -0.2) is 56.3 Å². The Morgan fingerprint density at radius 2 is 1.58 bits per heavy atom. The molecule has 2 aliphatic rings. The molecule has 2 heterocycles. The number of hydrogen-bond acceptors (Lipinski definition) is 6. The van der Waals surface area contributed by atoms with Crippen LogP contribution >= 0.6 is 0 Å². The van der Waals surface area contributed by atoms with Crippen molar-refractivity contribution in [3.05, 3.63) is 119 Å². The second-order valence-corrected chi connectivity index (χ2v) is 13.1. The van der Waals surface area contributed by atoms with Gasteiger partial charge in [-0.3, -0.25) is 4.90 Å². The second kappa shape index (κ2) is 14.9. The Balaban J connectivity index is 1.18.